The average molecular weight is 369 g/mol. The molecule has 6 nitrogen and oxygen atoms in total. The highest BCUT2D eigenvalue weighted by molar-refractivity contribution is 6.15. The third-order valence-corrected chi connectivity index (χ3v) is 4.46. The molecule has 27 heavy (non-hydrogen) atoms. The van der Waals surface area contributed by atoms with E-state index in [0.29, 0.717) is 5.69 Å². The fourth-order valence-corrected chi connectivity index (χ4v) is 2.91. The van der Waals surface area contributed by atoms with Crippen LogP contribution in [-0.2, 0) is 16.1 Å². The Kier molecular flexibility index (Phi) is 5.21. The van der Waals surface area contributed by atoms with Crippen LogP contribution in [0.25, 0.3) is 0 Å². The van der Waals surface area contributed by atoms with Gasteiger partial charge >= 0.3 is 6.03 Å². The summed E-state index contributed by atoms with van der Waals surface area (Å²) in [5.41, 5.74) is 2.38. The molecule has 4 amide bonds. The van der Waals surface area contributed by atoms with Gasteiger partial charge in [-0.05, 0) is 43.7 Å². The monoisotopic (exact) mass is 369 g/mol. The van der Waals surface area contributed by atoms with E-state index in [4.69, 9.17) is 0 Å². The number of anilines is 1. The largest absolute Gasteiger partial charge is 0.350 e. The number of imide groups is 1. The third kappa shape index (κ3) is 3.97. The van der Waals surface area contributed by atoms with Crippen LogP contribution in [0.2, 0.25) is 0 Å². The number of carbonyl (C=O) groups is 3. The molecule has 1 N–H and O–H groups in total. The van der Waals surface area contributed by atoms with E-state index in [9.17, 15) is 18.8 Å². The van der Waals surface area contributed by atoms with Crippen LogP contribution >= 0.6 is 0 Å². The van der Waals surface area contributed by atoms with Crippen LogP contribution in [0, 0.1) is 12.7 Å². The van der Waals surface area contributed by atoms with Crippen LogP contribution in [0.1, 0.15) is 18.1 Å². The predicted molar refractivity (Wildman–Crippen MR) is 98.5 cm³/mol. The minimum atomic E-state index is -0.676. The van der Waals surface area contributed by atoms with Crippen molar-refractivity contribution in [2.75, 3.05) is 11.4 Å². The maximum Gasteiger partial charge on any atom is 0.332 e. The Morgan fingerprint density at radius 2 is 1.70 bits per heavy atom. The van der Waals surface area contributed by atoms with Gasteiger partial charge in [-0.1, -0.05) is 29.8 Å². The highest BCUT2D eigenvalue weighted by Gasteiger charge is 2.43. The molecule has 0 radical (unpaired) electrons. The predicted octanol–water partition coefficient (Wildman–Crippen LogP) is 2.61. The molecule has 1 aliphatic rings. The summed E-state index contributed by atoms with van der Waals surface area (Å²) in [6.07, 6.45) is 0. The van der Waals surface area contributed by atoms with E-state index >= 15 is 0 Å². The van der Waals surface area contributed by atoms with E-state index in [1.54, 1.807) is 31.2 Å². The number of nitrogens with zero attached hydrogens (tertiary/aromatic N) is 2. The molecule has 3 rings (SSSR count). The van der Waals surface area contributed by atoms with Crippen molar-refractivity contribution in [3.8, 4) is 0 Å². The normalized spacial score (nSPS) is 16.8. The van der Waals surface area contributed by atoms with Crippen LogP contribution in [0.15, 0.2) is 48.5 Å². The molecule has 0 aromatic heterocycles. The third-order valence-electron chi connectivity index (χ3n) is 4.46. The number of aryl methyl sites for hydroxylation is 1. The van der Waals surface area contributed by atoms with Crippen molar-refractivity contribution in [2.24, 2.45) is 0 Å². The zero-order chi connectivity index (χ0) is 19.6. The summed E-state index contributed by atoms with van der Waals surface area (Å²) in [7, 11) is 0. The van der Waals surface area contributed by atoms with Gasteiger partial charge in [0.2, 0.25) is 5.91 Å². The van der Waals surface area contributed by atoms with Crippen LogP contribution in [0.5, 0.6) is 0 Å². The first kappa shape index (κ1) is 18.6. The molecule has 1 heterocycles. The summed E-state index contributed by atoms with van der Waals surface area (Å²) in [5.74, 6) is -1.24. The van der Waals surface area contributed by atoms with Crippen molar-refractivity contribution >= 4 is 23.5 Å². The van der Waals surface area contributed by atoms with Crippen LogP contribution < -0.4 is 10.2 Å². The van der Waals surface area contributed by atoms with Gasteiger partial charge in [-0.15, -0.1) is 0 Å². The van der Waals surface area contributed by atoms with Gasteiger partial charge in [0.25, 0.3) is 5.91 Å². The van der Waals surface area contributed by atoms with Gasteiger partial charge < -0.3 is 5.32 Å². The molecule has 0 bridgehead atoms. The quantitative estimate of drug-likeness (QED) is 0.824. The standard InChI is InChI=1S/C20H20FN3O3/c1-13-3-9-17(10-4-13)24-14(2)19(26)23(20(24)27)12-18(25)22-11-15-5-7-16(21)8-6-15/h3-10,14H,11-12H2,1-2H3,(H,22,25). The number of nitrogens with one attached hydrogen (secondary N) is 1. The molecule has 0 spiro atoms. The number of urea groups is 1. The minimum Gasteiger partial charge on any atom is -0.350 e. The number of benzene rings is 2. The van der Waals surface area contributed by atoms with Crippen LogP contribution in [0.4, 0.5) is 14.9 Å². The first-order valence-corrected chi connectivity index (χ1v) is 8.59. The van der Waals surface area contributed by atoms with E-state index in [-0.39, 0.29) is 18.9 Å². The van der Waals surface area contributed by atoms with Crippen molar-refractivity contribution < 1.29 is 18.8 Å². The number of halogens is 1. The number of amides is 4. The SMILES string of the molecule is Cc1ccc(N2C(=O)N(CC(=O)NCc3ccc(F)cc3)C(=O)C2C)cc1. The first-order chi connectivity index (χ1) is 12.9. The highest BCUT2D eigenvalue weighted by atomic mass is 19.1. The van der Waals surface area contributed by atoms with Gasteiger partial charge in [-0.25, -0.2) is 9.18 Å². The highest BCUT2D eigenvalue weighted by Crippen LogP contribution is 2.25. The number of carbonyl (C=O) groups excluding carboxylic acids is 3. The molecular formula is C20H20FN3O3. The maximum absolute atomic E-state index is 12.9. The average Bonchev–Trinajstić information content (AvgIpc) is 2.86. The molecule has 2 aromatic rings. The van der Waals surface area contributed by atoms with E-state index < -0.39 is 23.9 Å². The summed E-state index contributed by atoms with van der Waals surface area (Å²) < 4.78 is 12.9. The van der Waals surface area contributed by atoms with Gasteiger partial charge in [-0.3, -0.25) is 19.4 Å². The summed E-state index contributed by atoms with van der Waals surface area (Å²) in [6.45, 7) is 3.40. The molecular weight excluding hydrogens is 349 g/mol. The molecule has 1 fully saturated rings. The van der Waals surface area contributed by atoms with Gasteiger partial charge in [0.1, 0.15) is 18.4 Å². The molecule has 2 aromatic carbocycles. The van der Waals surface area contributed by atoms with Crippen molar-refractivity contribution in [1.82, 2.24) is 10.2 Å². The van der Waals surface area contributed by atoms with Crippen molar-refractivity contribution in [3.05, 3.63) is 65.5 Å². The lowest BCUT2D eigenvalue weighted by Gasteiger charge is -2.19. The van der Waals surface area contributed by atoms with Gasteiger partial charge in [0.15, 0.2) is 0 Å². The second-order valence-electron chi connectivity index (χ2n) is 6.49. The van der Waals surface area contributed by atoms with Gasteiger partial charge in [0.05, 0.1) is 0 Å². The van der Waals surface area contributed by atoms with E-state index in [0.717, 1.165) is 16.0 Å². The lowest BCUT2D eigenvalue weighted by molar-refractivity contribution is -0.131. The number of hydrogen-bond donors (Lipinski definition) is 1. The number of hydrogen-bond acceptors (Lipinski definition) is 3. The lowest BCUT2D eigenvalue weighted by Crippen LogP contribution is -2.41. The van der Waals surface area contributed by atoms with Crippen molar-refractivity contribution in [2.45, 2.75) is 26.4 Å². The molecule has 1 saturated heterocycles. The minimum absolute atomic E-state index is 0.187. The Hall–Kier alpha value is -3.22. The Morgan fingerprint density at radius 3 is 2.33 bits per heavy atom. The second kappa shape index (κ2) is 7.57. The van der Waals surface area contributed by atoms with Crippen molar-refractivity contribution in [3.63, 3.8) is 0 Å². The van der Waals surface area contributed by atoms with Gasteiger partial charge in [0, 0.05) is 12.2 Å². The molecule has 7 heteroatoms. The van der Waals surface area contributed by atoms with E-state index in [1.807, 2.05) is 19.1 Å². The second-order valence-corrected chi connectivity index (χ2v) is 6.49. The van der Waals surface area contributed by atoms with E-state index in [1.165, 1.54) is 17.0 Å². The number of rotatable bonds is 5. The summed E-state index contributed by atoms with van der Waals surface area (Å²) in [4.78, 5) is 39.6. The van der Waals surface area contributed by atoms with E-state index in [2.05, 4.69) is 5.32 Å². The van der Waals surface area contributed by atoms with Crippen LogP contribution in [-0.4, -0.2) is 35.3 Å². The topological polar surface area (TPSA) is 69.7 Å². The van der Waals surface area contributed by atoms with Crippen LogP contribution in [0.3, 0.4) is 0 Å². The molecule has 0 saturated carbocycles. The summed E-state index contributed by atoms with van der Waals surface area (Å²) in [5, 5.41) is 2.64. The zero-order valence-corrected chi connectivity index (χ0v) is 15.1. The Labute approximate surface area is 156 Å². The maximum atomic E-state index is 12.9. The lowest BCUT2D eigenvalue weighted by atomic mass is 10.2. The molecule has 0 aliphatic carbocycles. The summed E-state index contributed by atoms with van der Waals surface area (Å²) in [6, 6.07) is 11.8. The Bertz CT molecular complexity index is 865. The smallest absolute Gasteiger partial charge is 0.332 e. The molecule has 1 unspecified atom stereocenters. The Balaban J connectivity index is 1.64. The molecule has 1 aliphatic heterocycles. The summed E-state index contributed by atoms with van der Waals surface area (Å²) >= 11 is 0. The fraction of sp³-hybridized carbons (Fsp3) is 0.250. The van der Waals surface area contributed by atoms with Crippen molar-refractivity contribution in [1.29, 1.82) is 0 Å². The fourth-order valence-electron chi connectivity index (χ4n) is 2.91. The molecule has 1 atom stereocenters. The molecule has 140 valence electrons. The zero-order valence-electron chi connectivity index (χ0n) is 15.1. The van der Waals surface area contributed by atoms with Gasteiger partial charge in [-0.2, -0.15) is 0 Å². The Morgan fingerprint density at radius 1 is 1.07 bits per heavy atom. The first-order valence-electron chi connectivity index (χ1n) is 8.59.